The van der Waals surface area contributed by atoms with E-state index in [2.05, 4.69) is 5.32 Å². The van der Waals surface area contributed by atoms with Crippen molar-refractivity contribution in [2.75, 3.05) is 32.2 Å². The maximum atomic E-state index is 12.9. The van der Waals surface area contributed by atoms with Crippen LogP contribution in [0.25, 0.3) is 0 Å². The average Bonchev–Trinajstić information content (AvgIpc) is 2.83. The van der Waals surface area contributed by atoms with Gasteiger partial charge in [-0.3, -0.25) is 9.59 Å². The largest absolute Gasteiger partial charge is 0.493 e. The highest BCUT2D eigenvalue weighted by Crippen LogP contribution is 2.36. The number of methoxy groups -OCH3 is 2. The predicted molar refractivity (Wildman–Crippen MR) is 125 cm³/mol. The van der Waals surface area contributed by atoms with E-state index in [-0.39, 0.29) is 24.3 Å². The molecule has 172 valence electrons. The lowest BCUT2D eigenvalue weighted by atomic mass is 9.87. The highest BCUT2D eigenvalue weighted by atomic mass is 16.5. The van der Waals surface area contributed by atoms with Crippen molar-refractivity contribution in [3.8, 4) is 11.5 Å². The van der Waals surface area contributed by atoms with Crippen LogP contribution in [0.2, 0.25) is 0 Å². The van der Waals surface area contributed by atoms with Crippen LogP contribution in [0.5, 0.6) is 11.5 Å². The van der Waals surface area contributed by atoms with Gasteiger partial charge in [-0.1, -0.05) is 25.1 Å². The summed E-state index contributed by atoms with van der Waals surface area (Å²) in [6.45, 7) is 3.63. The molecule has 0 bridgehead atoms. The Hall–Kier alpha value is -3.06. The van der Waals surface area contributed by atoms with E-state index in [4.69, 9.17) is 15.2 Å². The van der Waals surface area contributed by atoms with E-state index in [1.165, 1.54) is 0 Å². The first-order valence-corrected chi connectivity index (χ1v) is 11.1. The lowest BCUT2D eigenvalue weighted by molar-refractivity contribution is -0.119. The third-order valence-electron chi connectivity index (χ3n) is 5.97. The van der Waals surface area contributed by atoms with Crippen molar-refractivity contribution in [2.24, 2.45) is 5.73 Å². The smallest absolute Gasteiger partial charge is 0.227 e. The number of piperidine rings is 1. The van der Waals surface area contributed by atoms with Crippen molar-refractivity contribution in [1.82, 2.24) is 5.32 Å². The summed E-state index contributed by atoms with van der Waals surface area (Å²) in [7, 11) is 3.17. The molecular formula is C25H33N3O4. The quantitative estimate of drug-likeness (QED) is 0.626. The van der Waals surface area contributed by atoms with Crippen molar-refractivity contribution in [2.45, 2.75) is 44.6 Å². The number of primary amides is 1. The number of amides is 2. The molecule has 2 amide bonds. The molecule has 7 heteroatoms. The van der Waals surface area contributed by atoms with Gasteiger partial charge in [-0.25, -0.2) is 0 Å². The van der Waals surface area contributed by atoms with Gasteiger partial charge in [0, 0.05) is 37.0 Å². The van der Waals surface area contributed by atoms with E-state index in [9.17, 15) is 9.59 Å². The van der Waals surface area contributed by atoms with Crippen molar-refractivity contribution < 1.29 is 19.1 Å². The Bertz CT molecular complexity index is 941. The molecule has 1 aliphatic rings. The summed E-state index contributed by atoms with van der Waals surface area (Å²) < 4.78 is 10.8. The predicted octanol–water partition coefficient (Wildman–Crippen LogP) is 3.21. The normalized spacial score (nSPS) is 16.8. The summed E-state index contributed by atoms with van der Waals surface area (Å²) in [5.74, 6) is 0.635. The first-order chi connectivity index (χ1) is 15.5. The maximum Gasteiger partial charge on any atom is 0.227 e. The molecule has 32 heavy (non-hydrogen) atoms. The zero-order valence-electron chi connectivity index (χ0n) is 19.1. The third kappa shape index (κ3) is 5.40. The number of nitrogens with one attached hydrogen (secondary N) is 1. The van der Waals surface area contributed by atoms with Crippen LogP contribution in [0.3, 0.4) is 0 Å². The maximum absolute atomic E-state index is 12.9. The molecule has 3 rings (SSSR count). The van der Waals surface area contributed by atoms with Crippen molar-refractivity contribution in [1.29, 1.82) is 0 Å². The average molecular weight is 440 g/mol. The topological polar surface area (TPSA) is 93.9 Å². The lowest BCUT2D eigenvalue weighted by Gasteiger charge is -2.35. The summed E-state index contributed by atoms with van der Waals surface area (Å²) in [4.78, 5) is 26.7. The number of benzene rings is 2. The Morgan fingerprint density at radius 2 is 1.88 bits per heavy atom. The molecular weight excluding hydrogens is 406 g/mol. The second-order valence-electron chi connectivity index (χ2n) is 8.05. The van der Waals surface area contributed by atoms with Crippen LogP contribution in [0.1, 0.15) is 49.7 Å². The summed E-state index contributed by atoms with van der Waals surface area (Å²) in [5.41, 5.74) is 8.27. The van der Waals surface area contributed by atoms with Gasteiger partial charge in [-0.05, 0) is 54.8 Å². The van der Waals surface area contributed by atoms with Gasteiger partial charge in [0.1, 0.15) is 0 Å². The molecule has 2 aromatic rings. The summed E-state index contributed by atoms with van der Waals surface area (Å²) in [6.07, 6.45) is 2.57. The van der Waals surface area contributed by atoms with Gasteiger partial charge in [0.05, 0.1) is 14.2 Å². The van der Waals surface area contributed by atoms with Gasteiger partial charge in [0.15, 0.2) is 11.5 Å². The first-order valence-electron chi connectivity index (χ1n) is 11.1. The summed E-state index contributed by atoms with van der Waals surface area (Å²) >= 11 is 0. The molecule has 2 unspecified atom stereocenters. The van der Waals surface area contributed by atoms with Gasteiger partial charge in [-0.2, -0.15) is 0 Å². The number of anilines is 1. The number of ether oxygens (including phenoxy) is 2. The summed E-state index contributed by atoms with van der Waals surface area (Å²) in [5, 5.41) is 3.40. The standard InChI is InChI=1S/C25H33N3O4/c1-4-25(30)28(20-9-6-12-27-16-20)19-8-5-7-17(13-19)21(15-24(26)29)18-10-11-22(31-2)23(14-18)32-3/h5,7-8,10-11,13-14,20-21,27H,4,6,9,12,15-16H2,1-3H3,(H2,26,29). The highest BCUT2D eigenvalue weighted by molar-refractivity contribution is 5.94. The van der Waals surface area contributed by atoms with Crippen LogP contribution in [0.4, 0.5) is 5.69 Å². The van der Waals surface area contributed by atoms with Crippen LogP contribution in [0, 0.1) is 0 Å². The SMILES string of the molecule is CCC(=O)N(c1cccc(C(CC(N)=O)c2ccc(OC)c(OC)c2)c1)C1CCCNC1. The Morgan fingerprint density at radius 3 is 2.50 bits per heavy atom. The number of hydrogen-bond acceptors (Lipinski definition) is 5. The van der Waals surface area contributed by atoms with E-state index in [0.717, 1.165) is 42.7 Å². The minimum atomic E-state index is -0.395. The minimum absolute atomic E-state index is 0.0911. The molecule has 0 spiro atoms. The van der Waals surface area contributed by atoms with Crippen molar-refractivity contribution in [3.05, 3.63) is 53.6 Å². The molecule has 1 aliphatic heterocycles. The van der Waals surface area contributed by atoms with Gasteiger partial charge < -0.3 is 25.4 Å². The zero-order valence-corrected chi connectivity index (χ0v) is 19.1. The van der Waals surface area contributed by atoms with Gasteiger partial charge in [0.25, 0.3) is 0 Å². The molecule has 0 radical (unpaired) electrons. The van der Waals surface area contributed by atoms with Gasteiger partial charge >= 0.3 is 0 Å². The third-order valence-corrected chi connectivity index (χ3v) is 5.97. The zero-order chi connectivity index (χ0) is 23.1. The molecule has 2 aromatic carbocycles. The molecule has 1 heterocycles. The molecule has 3 N–H and O–H groups in total. The second-order valence-corrected chi connectivity index (χ2v) is 8.05. The Balaban J connectivity index is 2.02. The number of hydrogen-bond donors (Lipinski definition) is 2. The summed E-state index contributed by atoms with van der Waals surface area (Å²) in [6, 6.07) is 13.6. The fraction of sp³-hybridized carbons (Fsp3) is 0.440. The van der Waals surface area contributed by atoms with E-state index >= 15 is 0 Å². The monoisotopic (exact) mass is 439 g/mol. The number of nitrogens with zero attached hydrogens (tertiary/aromatic N) is 1. The first kappa shape index (κ1) is 23.6. The van der Waals surface area contributed by atoms with Crippen molar-refractivity contribution >= 4 is 17.5 Å². The van der Waals surface area contributed by atoms with Crippen LogP contribution < -0.4 is 25.4 Å². The number of carbonyl (C=O) groups is 2. The fourth-order valence-electron chi connectivity index (χ4n) is 4.37. The molecule has 1 fully saturated rings. The molecule has 0 saturated carbocycles. The Morgan fingerprint density at radius 1 is 1.12 bits per heavy atom. The van der Waals surface area contributed by atoms with E-state index < -0.39 is 5.91 Å². The lowest BCUT2D eigenvalue weighted by Crippen LogP contribution is -2.48. The Labute approximate surface area is 189 Å². The van der Waals surface area contributed by atoms with E-state index in [1.807, 2.05) is 54.3 Å². The molecule has 2 atom stereocenters. The molecule has 0 aliphatic carbocycles. The molecule has 0 aromatic heterocycles. The van der Waals surface area contributed by atoms with E-state index in [0.29, 0.717) is 17.9 Å². The minimum Gasteiger partial charge on any atom is -0.493 e. The van der Waals surface area contributed by atoms with Crippen LogP contribution in [-0.4, -0.2) is 45.2 Å². The van der Waals surface area contributed by atoms with Gasteiger partial charge in [-0.15, -0.1) is 0 Å². The molecule has 7 nitrogen and oxygen atoms in total. The number of carbonyl (C=O) groups excluding carboxylic acids is 2. The fourth-order valence-corrected chi connectivity index (χ4v) is 4.37. The number of rotatable bonds is 9. The van der Waals surface area contributed by atoms with E-state index in [1.54, 1.807) is 14.2 Å². The highest BCUT2D eigenvalue weighted by Gasteiger charge is 2.27. The van der Waals surface area contributed by atoms with Crippen LogP contribution in [0.15, 0.2) is 42.5 Å². The van der Waals surface area contributed by atoms with Gasteiger partial charge in [0.2, 0.25) is 11.8 Å². The Kier molecular flexibility index (Phi) is 8.11. The van der Waals surface area contributed by atoms with Crippen LogP contribution >= 0.6 is 0 Å². The second kappa shape index (κ2) is 11.0. The van der Waals surface area contributed by atoms with Crippen molar-refractivity contribution in [3.63, 3.8) is 0 Å². The van der Waals surface area contributed by atoms with Crippen LogP contribution in [-0.2, 0) is 9.59 Å². The molecule has 1 saturated heterocycles. The number of nitrogens with two attached hydrogens (primary N) is 1.